The summed E-state index contributed by atoms with van der Waals surface area (Å²) in [6, 6.07) is 6.63. The molecule has 1 saturated heterocycles. The highest BCUT2D eigenvalue weighted by molar-refractivity contribution is 5.85. The van der Waals surface area contributed by atoms with Crippen molar-refractivity contribution in [3.8, 4) is 0 Å². The summed E-state index contributed by atoms with van der Waals surface area (Å²) >= 11 is 0. The number of nitrogens with zero attached hydrogens (tertiary/aromatic N) is 2. The van der Waals surface area contributed by atoms with Crippen LogP contribution in [0.4, 0.5) is 5.69 Å². The van der Waals surface area contributed by atoms with Crippen LogP contribution in [0.2, 0.25) is 0 Å². The van der Waals surface area contributed by atoms with Gasteiger partial charge in [-0.25, -0.2) is 0 Å². The predicted octanol–water partition coefficient (Wildman–Crippen LogP) is 3.47. The second-order valence-electron chi connectivity index (χ2n) is 4.26. The molecule has 0 atom stereocenters. The van der Waals surface area contributed by atoms with Crippen molar-refractivity contribution in [3.63, 3.8) is 0 Å². The summed E-state index contributed by atoms with van der Waals surface area (Å²) in [4.78, 5) is 12.4. The van der Waals surface area contributed by atoms with Gasteiger partial charge in [0.15, 0.2) is 0 Å². The van der Waals surface area contributed by atoms with Crippen molar-refractivity contribution in [1.82, 2.24) is 4.90 Å². The van der Waals surface area contributed by atoms with Gasteiger partial charge in [-0.2, -0.15) is 0 Å². The van der Waals surface area contributed by atoms with Crippen LogP contribution in [0, 0.1) is 10.1 Å². The van der Waals surface area contributed by atoms with E-state index in [-0.39, 0.29) is 23.0 Å². The molecule has 0 radical (unpaired) electrons. The van der Waals surface area contributed by atoms with E-state index in [1.165, 1.54) is 31.4 Å². The van der Waals surface area contributed by atoms with Gasteiger partial charge in [0, 0.05) is 25.2 Å². The summed E-state index contributed by atoms with van der Waals surface area (Å²) in [5.74, 6) is 0. The Bertz CT molecular complexity index is 412. The lowest BCUT2D eigenvalue weighted by molar-refractivity contribution is -0.384. The molecule has 18 heavy (non-hydrogen) atoms. The van der Waals surface area contributed by atoms with Crippen molar-refractivity contribution >= 4 is 24.2 Å². The fourth-order valence-corrected chi connectivity index (χ4v) is 1.97. The lowest BCUT2D eigenvalue weighted by atomic mass is 10.1. The largest absolute Gasteiger partial charge is 0.377 e. The first-order valence-corrected chi connectivity index (χ1v) is 5.92. The maximum Gasteiger partial charge on any atom is 0.269 e. The van der Waals surface area contributed by atoms with Crippen LogP contribution in [-0.2, 0) is 0 Å². The number of hydrogen-bond acceptors (Lipinski definition) is 3. The van der Waals surface area contributed by atoms with E-state index in [0.29, 0.717) is 0 Å². The number of nitro benzene ring substituents is 1. The van der Waals surface area contributed by atoms with Gasteiger partial charge in [-0.3, -0.25) is 10.1 Å². The minimum atomic E-state index is -0.377. The summed E-state index contributed by atoms with van der Waals surface area (Å²) in [6.07, 6.45) is 7.92. The second-order valence-corrected chi connectivity index (χ2v) is 4.26. The summed E-state index contributed by atoms with van der Waals surface area (Å²) in [7, 11) is 0. The minimum Gasteiger partial charge on any atom is -0.377 e. The van der Waals surface area contributed by atoms with Gasteiger partial charge in [0.1, 0.15) is 0 Å². The van der Waals surface area contributed by atoms with Crippen LogP contribution < -0.4 is 0 Å². The molecular weight excluding hydrogens is 252 g/mol. The molecule has 1 fully saturated rings. The van der Waals surface area contributed by atoms with Gasteiger partial charge in [-0.15, -0.1) is 12.4 Å². The first-order chi connectivity index (χ1) is 8.25. The van der Waals surface area contributed by atoms with Crippen molar-refractivity contribution in [2.45, 2.75) is 19.3 Å². The zero-order valence-corrected chi connectivity index (χ0v) is 10.9. The lowest BCUT2D eigenvalue weighted by Crippen LogP contribution is -2.23. The molecule has 0 aliphatic carbocycles. The smallest absolute Gasteiger partial charge is 0.269 e. The Labute approximate surface area is 113 Å². The van der Waals surface area contributed by atoms with Crippen LogP contribution in [-0.4, -0.2) is 22.9 Å². The number of hydrogen-bond donors (Lipinski definition) is 0. The molecular formula is C13H17ClN2O2. The van der Waals surface area contributed by atoms with E-state index in [2.05, 4.69) is 11.1 Å². The topological polar surface area (TPSA) is 46.4 Å². The number of benzene rings is 1. The fourth-order valence-electron chi connectivity index (χ4n) is 1.97. The summed E-state index contributed by atoms with van der Waals surface area (Å²) < 4.78 is 0. The molecule has 1 aliphatic rings. The van der Waals surface area contributed by atoms with Crippen LogP contribution in [0.25, 0.3) is 6.08 Å². The Morgan fingerprint density at radius 1 is 1.11 bits per heavy atom. The van der Waals surface area contributed by atoms with Crippen LogP contribution in [0.3, 0.4) is 0 Å². The molecule has 0 amide bonds. The summed E-state index contributed by atoms with van der Waals surface area (Å²) in [5.41, 5.74) is 1.14. The number of piperidine rings is 1. The molecule has 0 bridgehead atoms. The van der Waals surface area contributed by atoms with Crippen molar-refractivity contribution in [2.24, 2.45) is 0 Å². The first kappa shape index (κ1) is 14.5. The highest BCUT2D eigenvalue weighted by Gasteiger charge is 2.05. The normalized spacial score (nSPS) is 15.4. The van der Waals surface area contributed by atoms with Crippen LogP contribution in [0.5, 0.6) is 0 Å². The van der Waals surface area contributed by atoms with Gasteiger partial charge in [-0.05, 0) is 49.2 Å². The van der Waals surface area contributed by atoms with Crippen molar-refractivity contribution in [2.75, 3.05) is 13.1 Å². The summed E-state index contributed by atoms with van der Waals surface area (Å²) in [6.45, 7) is 2.23. The molecule has 0 aromatic heterocycles. The number of rotatable bonds is 3. The molecule has 0 spiro atoms. The van der Waals surface area contributed by atoms with Crippen molar-refractivity contribution in [3.05, 3.63) is 46.1 Å². The Kier molecular flexibility index (Phi) is 5.65. The van der Waals surface area contributed by atoms with E-state index < -0.39 is 0 Å². The average Bonchev–Trinajstić information content (AvgIpc) is 2.38. The van der Waals surface area contributed by atoms with E-state index in [0.717, 1.165) is 18.7 Å². The molecule has 0 N–H and O–H groups in total. The molecule has 5 heteroatoms. The molecule has 98 valence electrons. The van der Waals surface area contributed by atoms with Crippen molar-refractivity contribution < 1.29 is 4.92 Å². The Morgan fingerprint density at radius 3 is 2.28 bits per heavy atom. The Hall–Kier alpha value is -1.55. The van der Waals surface area contributed by atoms with E-state index in [1.807, 2.05) is 6.08 Å². The molecule has 4 nitrogen and oxygen atoms in total. The van der Waals surface area contributed by atoms with Crippen LogP contribution >= 0.6 is 12.4 Å². The fraction of sp³-hybridized carbons (Fsp3) is 0.385. The third kappa shape index (κ3) is 4.04. The zero-order valence-electron chi connectivity index (χ0n) is 10.1. The van der Waals surface area contributed by atoms with Crippen LogP contribution in [0.1, 0.15) is 24.8 Å². The monoisotopic (exact) mass is 268 g/mol. The first-order valence-electron chi connectivity index (χ1n) is 5.92. The highest BCUT2D eigenvalue weighted by atomic mass is 35.5. The maximum absolute atomic E-state index is 10.5. The van der Waals surface area contributed by atoms with Gasteiger partial charge < -0.3 is 4.90 Å². The molecule has 1 aromatic rings. The number of likely N-dealkylation sites (tertiary alicyclic amines) is 1. The van der Waals surface area contributed by atoms with E-state index in [4.69, 9.17) is 0 Å². The standard InChI is InChI=1S/C13H16N2O2.ClH/c16-15(17)13-6-4-12(5-7-13)8-11-14-9-2-1-3-10-14;/h4-8,11H,1-3,9-10H2;1H/b11-8+;. The highest BCUT2D eigenvalue weighted by Crippen LogP contribution is 2.14. The molecule has 1 aliphatic heterocycles. The molecule has 1 heterocycles. The average molecular weight is 269 g/mol. The maximum atomic E-state index is 10.5. The van der Waals surface area contributed by atoms with E-state index >= 15 is 0 Å². The lowest BCUT2D eigenvalue weighted by Gasteiger charge is -2.24. The van der Waals surface area contributed by atoms with Gasteiger partial charge >= 0.3 is 0 Å². The van der Waals surface area contributed by atoms with Crippen LogP contribution in [0.15, 0.2) is 30.5 Å². The number of halogens is 1. The quantitative estimate of drug-likeness (QED) is 0.623. The van der Waals surface area contributed by atoms with E-state index in [1.54, 1.807) is 12.1 Å². The third-order valence-electron chi connectivity index (χ3n) is 2.97. The van der Waals surface area contributed by atoms with Gasteiger partial charge in [-0.1, -0.05) is 0 Å². The molecule has 2 rings (SSSR count). The Balaban J connectivity index is 0.00000162. The van der Waals surface area contributed by atoms with Crippen molar-refractivity contribution in [1.29, 1.82) is 0 Å². The number of nitro groups is 1. The van der Waals surface area contributed by atoms with Gasteiger partial charge in [0.05, 0.1) is 4.92 Å². The number of non-ortho nitro benzene ring substituents is 1. The van der Waals surface area contributed by atoms with E-state index in [9.17, 15) is 10.1 Å². The van der Waals surface area contributed by atoms with Gasteiger partial charge in [0.25, 0.3) is 5.69 Å². The second kappa shape index (κ2) is 7.01. The molecule has 0 unspecified atom stereocenters. The third-order valence-corrected chi connectivity index (χ3v) is 2.97. The Morgan fingerprint density at radius 2 is 1.72 bits per heavy atom. The molecule has 1 aromatic carbocycles. The predicted molar refractivity (Wildman–Crippen MR) is 74.8 cm³/mol. The SMILES string of the molecule is Cl.O=[N+]([O-])c1ccc(/C=C/N2CCCCC2)cc1. The minimum absolute atomic E-state index is 0. The molecule has 0 saturated carbocycles. The van der Waals surface area contributed by atoms with Gasteiger partial charge in [0.2, 0.25) is 0 Å². The summed E-state index contributed by atoms with van der Waals surface area (Å²) in [5, 5.41) is 10.5. The zero-order chi connectivity index (χ0) is 12.1.